The third-order valence-corrected chi connectivity index (χ3v) is 8.95. The van der Waals surface area contributed by atoms with Crippen LogP contribution in [0.25, 0.3) is 43.5 Å². The molecule has 7 aromatic rings. The molecule has 212 valence electrons. The van der Waals surface area contributed by atoms with E-state index in [-0.39, 0.29) is 6.03 Å². The molecule has 0 aliphatic carbocycles. The Bertz CT molecular complexity index is 2010. The SMILES string of the molecule is Cc1cc2ccccc2c2c1op(NC(=O)N(Cc1ccccc1)Cc1ccccc1)oc1c(C)cc3ccccc3c12. The zero-order valence-corrected chi connectivity index (χ0v) is 25.0. The maximum atomic E-state index is 14.0. The molecule has 0 fully saturated rings. The fourth-order valence-electron chi connectivity index (χ4n) is 5.86. The van der Waals surface area contributed by atoms with Gasteiger partial charge in [0, 0.05) is 23.9 Å². The second-order valence-electron chi connectivity index (χ2n) is 10.9. The first-order chi connectivity index (χ1) is 21.0. The van der Waals surface area contributed by atoms with Gasteiger partial charge in [0.1, 0.15) is 11.2 Å². The van der Waals surface area contributed by atoms with Gasteiger partial charge < -0.3 is 13.3 Å². The summed E-state index contributed by atoms with van der Waals surface area (Å²) in [6, 6.07) is 40.8. The Morgan fingerprint density at radius 3 is 1.51 bits per heavy atom. The van der Waals surface area contributed by atoms with Gasteiger partial charge in [0.2, 0.25) is 0 Å². The molecule has 5 nitrogen and oxygen atoms in total. The number of urea groups is 1. The van der Waals surface area contributed by atoms with Crippen LogP contribution in [-0.2, 0) is 13.1 Å². The lowest BCUT2D eigenvalue weighted by molar-refractivity contribution is 0.207. The van der Waals surface area contributed by atoms with Crippen molar-refractivity contribution in [1.82, 2.24) is 4.90 Å². The Balaban J connectivity index is 1.43. The molecule has 0 aliphatic heterocycles. The largest absolute Gasteiger partial charge is 0.403 e. The van der Waals surface area contributed by atoms with Gasteiger partial charge in [0.15, 0.2) is 0 Å². The number of nitrogens with one attached hydrogen (secondary N) is 1. The molecule has 0 aliphatic rings. The smallest absolute Gasteiger partial charge is 0.342 e. The van der Waals surface area contributed by atoms with Gasteiger partial charge in [0.05, 0.1) is 0 Å². The van der Waals surface area contributed by atoms with E-state index in [9.17, 15) is 4.79 Å². The van der Waals surface area contributed by atoms with Crippen LogP contribution >= 0.6 is 8.16 Å². The van der Waals surface area contributed by atoms with E-state index in [1.165, 1.54) is 0 Å². The summed E-state index contributed by atoms with van der Waals surface area (Å²) in [6.07, 6.45) is 0. The highest BCUT2D eigenvalue weighted by atomic mass is 31.1. The van der Waals surface area contributed by atoms with Crippen LogP contribution in [0.15, 0.2) is 130 Å². The van der Waals surface area contributed by atoms with Crippen LogP contribution in [0, 0.1) is 13.8 Å². The quantitative estimate of drug-likeness (QED) is 0.220. The molecule has 1 N–H and O–H groups in total. The Morgan fingerprint density at radius 2 is 1.05 bits per heavy atom. The Kier molecular flexibility index (Phi) is 7.10. The summed E-state index contributed by atoms with van der Waals surface area (Å²) in [7, 11) is -1.88. The van der Waals surface area contributed by atoms with Gasteiger partial charge in [-0.25, -0.2) is 9.88 Å². The van der Waals surface area contributed by atoms with Gasteiger partial charge in [-0.1, -0.05) is 109 Å². The zero-order chi connectivity index (χ0) is 29.3. The van der Waals surface area contributed by atoms with Crippen LogP contribution in [0.1, 0.15) is 22.3 Å². The summed E-state index contributed by atoms with van der Waals surface area (Å²) in [5.74, 6) is 0. The molecule has 0 bridgehead atoms. The number of hydrogen-bond acceptors (Lipinski definition) is 3. The lowest BCUT2D eigenvalue weighted by Gasteiger charge is -2.22. The fourth-order valence-corrected chi connectivity index (χ4v) is 7.08. The minimum atomic E-state index is -1.88. The van der Waals surface area contributed by atoms with E-state index in [0.717, 1.165) is 65.7 Å². The van der Waals surface area contributed by atoms with Crippen LogP contribution in [-0.4, -0.2) is 10.9 Å². The Hall–Kier alpha value is -4.99. The number of hydrogen-bond donors (Lipinski definition) is 1. The third kappa shape index (κ3) is 5.24. The Morgan fingerprint density at radius 1 is 0.628 bits per heavy atom. The second-order valence-corrected chi connectivity index (χ2v) is 12.0. The lowest BCUT2D eigenvalue weighted by Crippen LogP contribution is -2.33. The topological polar surface area (TPSA) is 58.6 Å². The molecule has 6 heteroatoms. The van der Waals surface area contributed by atoms with Crippen LogP contribution in [0.2, 0.25) is 0 Å². The number of carbonyl (C=O) groups is 1. The highest BCUT2D eigenvalue weighted by Crippen LogP contribution is 2.42. The average Bonchev–Trinajstić information content (AvgIpc) is 3.20. The fraction of sp³-hybridized carbons (Fsp3) is 0.108. The summed E-state index contributed by atoms with van der Waals surface area (Å²) < 4.78 is 13.4. The maximum Gasteiger partial charge on any atom is 0.342 e. The van der Waals surface area contributed by atoms with E-state index in [4.69, 9.17) is 8.39 Å². The predicted molar refractivity (Wildman–Crippen MR) is 178 cm³/mol. The van der Waals surface area contributed by atoms with Crippen LogP contribution < -0.4 is 5.09 Å². The second kappa shape index (κ2) is 11.4. The molecule has 2 amide bonds. The summed E-state index contributed by atoms with van der Waals surface area (Å²) in [6.45, 7) is 5.01. The van der Waals surface area contributed by atoms with Gasteiger partial charge in [-0.3, -0.25) is 0 Å². The van der Waals surface area contributed by atoms with E-state index in [1.807, 2.05) is 60.7 Å². The van der Waals surface area contributed by atoms with E-state index >= 15 is 0 Å². The summed E-state index contributed by atoms with van der Waals surface area (Å²) in [5.41, 5.74) is 5.54. The molecular weight excluding hydrogens is 551 g/mol. The summed E-state index contributed by atoms with van der Waals surface area (Å²) in [5, 5.41) is 9.56. The average molecular weight is 583 g/mol. The van der Waals surface area contributed by atoms with Gasteiger partial charge in [0.25, 0.3) is 0 Å². The zero-order valence-electron chi connectivity index (χ0n) is 24.1. The first-order valence-corrected chi connectivity index (χ1v) is 15.6. The van der Waals surface area contributed by atoms with Crippen LogP contribution in [0.5, 0.6) is 0 Å². The van der Waals surface area contributed by atoms with Crippen molar-refractivity contribution in [3.05, 3.63) is 144 Å². The number of carbonyl (C=O) groups excluding carboxylic acids is 1. The van der Waals surface area contributed by atoms with Crippen molar-refractivity contribution in [3.8, 4) is 0 Å². The van der Waals surface area contributed by atoms with Crippen molar-refractivity contribution in [1.29, 1.82) is 0 Å². The first kappa shape index (κ1) is 26.9. The van der Waals surface area contributed by atoms with Crippen molar-refractivity contribution in [2.45, 2.75) is 26.9 Å². The molecule has 0 atom stereocenters. The van der Waals surface area contributed by atoms with Crippen molar-refractivity contribution in [2.24, 2.45) is 0 Å². The van der Waals surface area contributed by atoms with Crippen LogP contribution in [0.4, 0.5) is 4.79 Å². The van der Waals surface area contributed by atoms with Crippen molar-refractivity contribution >= 4 is 57.7 Å². The molecule has 43 heavy (non-hydrogen) atoms. The van der Waals surface area contributed by atoms with Crippen LogP contribution in [0.3, 0.4) is 0 Å². The van der Waals surface area contributed by atoms with Gasteiger partial charge >= 0.3 is 14.2 Å². The van der Waals surface area contributed by atoms with E-state index in [0.29, 0.717) is 13.1 Å². The number of amides is 2. The predicted octanol–water partition coefficient (Wildman–Crippen LogP) is 10.6. The number of aryl methyl sites for hydroxylation is 2. The number of rotatable bonds is 5. The standard InChI is InChI=1S/C37H31N2O3P/c1-25-21-29-17-9-11-19-31(29)33-34-32-20-12-10-18-30(32)22-26(2)36(34)42-43(41-35(25)33)38-37(40)39(23-27-13-5-3-6-14-27)24-28-15-7-4-8-16-28/h3-22H,23-24H2,1-2H3,(H,38,40). The summed E-state index contributed by atoms with van der Waals surface area (Å²) >= 11 is 0. The summed E-state index contributed by atoms with van der Waals surface area (Å²) in [4.78, 5) is 15.8. The van der Waals surface area contributed by atoms with Crippen molar-refractivity contribution < 1.29 is 13.2 Å². The first-order valence-electron chi connectivity index (χ1n) is 14.4. The molecule has 7 rings (SSSR count). The molecule has 1 heterocycles. The lowest BCUT2D eigenvalue weighted by atomic mass is 9.95. The third-order valence-electron chi connectivity index (χ3n) is 7.88. The van der Waals surface area contributed by atoms with E-state index in [1.54, 1.807) is 4.90 Å². The molecule has 6 aromatic carbocycles. The molecular formula is C37H31N2O3P. The van der Waals surface area contributed by atoms with Crippen molar-refractivity contribution in [2.75, 3.05) is 5.09 Å². The number of benzene rings is 6. The van der Waals surface area contributed by atoms with E-state index < -0.39 is 8.16 Å². The van der Waals surface area contributed by atoms with Gasteiger partial charge in [-0.05, 0) is 69.8 Å². The van der Waals surface area contributed by atoms with Gasteiger partial charge in [-0.2, -0.15) is 0 Å². The molecule has 0 unspecified atom stereocenters. The maximum absolute atomic E-state index is 14.0. The van der Waals surface area contributed by atoms with Gasteiger partial charge in [-0.15, -0.1) is 0 Å². The van der Waals surface area contributed by atoms with Crippen molar-refractivity contribution in [3.63, 3.8) is 0 Å². The monoisotopic (exact) mass is 582 g/mol. The molecule has 0 saturated heterocycles. The highest BCUT2D eigenvalue weighted by Gasteiger charge is 2.20. The highest BCUT2D eigenvalue weighted by molar-refractivity contribution is 7.40. The van der Waals surface area contributed by atoms with E-state index in [2.05, 4.69) is 79.6 Å². The minimum Gasteiger partial charge on any atom is -0.403 e. The Labute approximate surface area is 251 Å². The minimum absolute atomic E-state index is 0.249. The molecule has 0 spiro atoms. The normalized spacial score (nSPS) is 11.3. The number of fused-ring (bicyclic) bond motifs is 7. The number of nitrogens with zero attached hydrogens (tertiary/aromatic N) is 1. The molecule has 0 radical (unpaired) electrons. The molecule has 1 aromatic heterocycles. The molecule has 0 saturated carbocycles.